The van der Waals surface area contributed by atoms with Crippen LogP contribution in [0, 0.1) is 0 Å². The first-order valence-electron chi connectivity index (χ1n) is 4.58. The summed E-state index contributed by atoms with van der Waals surface area (Å²) in [5.41, 5.74) is 7.08. The molecule has 0 saturated heterocycles. The van der Waals surface area contributed by atoms with Crippen LogP contribution in [0.15, 0.2) is 12.1 Å². The van der Waals surface area contributed by atoms with Gasteiger partial charge in [0.15, 0.2) is 11.5 Å². The van der Waals surface area contributed by atoms with Crippen LogP contribution < -0.4 is 15.2 Å². The minimum atomic E-state index is 0.0848. The Bertz CT molecular complexity index is 374. The quantitative estimate of drug-likeness (QED) is 0.762. The number of rotatable bonds is 4. The lowest BCUT2D eigenvalue weighted by Crippen LogP contribution is -2.01. The second-order valence-corrected chi connectivity index (χ2v) is 3.30. The molecule has 15 heavy (non-hydrogen) atoms. The smallest absolute Gasteiger partial charge is 0.183 e. The largest absolute Gasteiger partial charge is 0.493 e. The predicted octanol–water partition coefficient (Wildman–Crippen LogP) is 1.42. The van der Waals surface area contributed by atoms with Crippen LogP contribution in [0.3, 0.4) is 0 Å². The van der Waals surface area contributed by atoms with Crippen molar-refractivity contribution >= 4 is 11.5 Å². The molecule has 0 spiro atoms. The van der Waals surface area contributed by atoms with Crippen molar-refractivity contribution in [1.29, 1.82) is 0 Å². The molecule has 0 unspecified atom stereocenters. The zero-order valence-electron chi connectivity index (χ0n) is 9.16. The highest BCUT2D eigenvalue weighted by atomic mass is 16.5. The average Bonchev–Trinajstić information content (AvgIpc) is 2.15. The summed E-state index contributed by atoms with van der Waals surface area (Å²) in [5.74, 6) is 1.14. The Hall–Kier alpha value is -1.71. The van der Waals surface area contributed by atoms with Gasteiger partial charge in [-0.25, -0.2) is 0 Å². The minimum Gasteiger partial charge on any atom is -0.493 e. The maximum Gasteiger partial charge on any atom is 0.183 e. The molecule has 2 N–H and O–H groups in total. The van der Waals surface area contributed by atoms with Crippen molar-refractivity contribution in [3.8, 4) is 11.5 Å². The van der Waals surface area contributed by atoms with Gasteiger partial charge < -0.3 is 15.2 Å². The summed E-state index contributed by atoms with van der Waals surface area (Å²) >= 11 is 0. The van der Waals surface area contributed by atoms with E-state index in [1.54, 1.807) is 12.1 Å². The van der Waals surface area contributed by atoms with Gasteiger partial charge in [0, 0.05) is 6.42 Å². The monoisotopic (exact) mass is 209 g/mol. The Morgan fingerprint density at radius 1 is 1.33 bits per heavy atom. The van der Waals surface area contributed by atoms with Crippen molar-refractivity contribution in [2.24, 2.45) is 0 Å². The second-order valence-electron chi connectivity index (χ2n) is 3.30. The summed E-state index contributed by atoms with van der Waals surface area (Å²) in [4.78, 5) is 11.0. The lowest BCUT2D eigenvalue weighted by atomic mass is 10.1. The van der Waals surface area contributed by atoms with Crippen molar-refractivity contribution in [2.75, 3.05) is 20.0 Å². The van der Waals surface area contributed by atoms with Gasteiger partial charge >= 0.3 is 0 Å². The fourth-order valence-corrected chi connectivity index (χ4v) is 1.44. The third-order valence-corrected chi connectivity index (χ3v) is 2.02. The Morgan fingerprint density at radius 2 is 2.00 bits per heavy atom. The van der Waals surface area contributed by atoms with E-state index in [0.717, 1.165) is 5.56 Å². The van der Waals surface area contributed by atoms with Gasteiger partial charge in [0.1, 0.15) is 5.78 Å². The molecular weight excluding hydrogens is 194 g/mol. The summed E-state index contributed by atoms with van der Waals surface area (Å²) in [6.07, 6.45) is 0.352. The molecule has 4 nitrogen and oxygen atoms in total. The highest BCUT2D eigenvalue weighted by Crippen LogP contribution is 2.34. The molecule has 0 aliphatic heterocycles. The number of Topliss-reactive ketones (excluding diaryl/α,β-unsaturated/α-hetero) is 1. The van der Waals surface area contributed by atoms with Crippen molar-refractivity contribution in [3.63, 3.8) is 0 Å². The number of hydrogen-bond acceptors (Lipinski definition) is 4. The molecule has 0 aliphatic carbocycles. The van der Waals surface area contributed by atoms with Crippen molar-refractivity contribution in [2.45, 2.75) is 13.3 Å². The van der Waals surface area contributed by atoms with E-state index in [1.165, 1.54) is 21.1 Å². The molecule has 1 aromatic rings. The third kappa shape index (κ3) is 2.62. The number of carbonyl (C=O) groups excluding carboxylic acids is 1. The number of ketones is 1. The second kappa shape index (κ2) is 4.68. The van der Waals surface area contributed by atoms with Crippen LogP contribution >= 0.6 is 0 Å². The first-order chi connectivity index (χ1) is 7.08. The standard InChI is InChI=1S/C11H15NO3/c1-7(13)4-8-5-9(12)11(15-3)10(6-8)14-2/h5-6H,4,12H2,1-3H3. The van der Waals surface area contributed by atoms with E-state index in [2.05, 4.69) is 0 Å². The summed E-state index contributed by atoms with van der Waals surface area (Å²) in [6.45, 7) is 1.53. The SMILES string of the molecule is COc1cc(CC(C)=O)cc(N)c1OC. The number of methoxy groups -OCH3 is 2. The van der Waals surface area contributed by atoms with E-state index in [0.29, 0.717) is 23.6 Å². The lowest BCUT2D eigenvalue weighted by Gasteiger charge is -2.11. The summed E-state index contributed by atoms with van der Waals surface area (Å²) < 4.78 is 10.2. The fraction of sp³-hybridized carbons (Fsp3) is 0.364. The van der Waals surface area contributed by atoms with Crippen molar-refractivity contribution in [3.05, 3.63) is 17.7 Å². The highest BCUT2D eigenvalue weighted by molar-refractivity contribution is 5.79. The minimum absolute atomic E-state index is 0.0848. The summed E-state index contributed by atoms with van der Waals surface area (Å²) in [5, 5.41) is 0. The number of nitrogen functional groups attached to an aromatic ring is 1. The molecule has 0 aromatic heterocycles. The molecule has 0 saturated carbocycles. The Balaban J connectivity index is 3.13. The molecule has 0 atom stereocenters. The number of benzene rings is 1. The van der Waals surface area contributed by atoms with Gasteiger partial charge in [-0.15, -0.1) is 0 Å². The maximum absolute atomic E-state index is 11.0. The van der Waals surface area contributed by atoms with Gasteiger partial charge in [0.05, 0.1) is 19.9 Å². The van der Waals surface area contributed by atoms with E-state index in [4.69, 9.17) is 15.2 Å². The van der Waals surface area contributed by atoms with Crippen LogP contribution in [-0.2, 0) is 11.2 Å². The molecule has 82 valence electrons. The van der Waals surface area contributed by atoms with Crippen LogP contribution in [0.5, 0.6) is 11.5 Å². The topological polar surface area (TPSA) is 61.5 Å². The molecule has 0 bridgehead atoms. The molecular formula is C11H15NO3. The van der Waals surface area contributed by atoms with E-state index >= 15 is 0 Å². The summed E-state index contributed by atoms with van der Waals surface area (Å²) in [7, 11) is 3.06. The van der Waals surface area contributed by atoms with Crippen LogP contribution in [0.2, 0.25) is 0 Å². The molecule has 1 rings (SSSR count). The van der Waals surface area contributed by atoms with Gasteiger partial charge in [-0.2, -0.15) is 0 Å². The molecule has 0 heterocycles. The zero-order valence-corrected chi connectivity index (χ0v) is 9.16. The van der Waals surface area contributed by atoms with Crippen LogP contribution in [0.1, 0.15) is 12.5 Å². The van der Waals surface area contributed by atoms with Gasteiger partial charge in [-0.3, -0.25) is 4.79 Å². The zero-order chi connectivity index (χ0) is 11.4. The molecule has 0 fully saturated rings. The van der Waals surface area contributed by atoms with E-state index in [9.17, 15) is 4.79 Å². The number of ether oxygens (including phenoxy) is 2. The van der Waals surface area contributed by atoms with Crippen molar-refractivity contribution in [1.82, 2.24) is 0 Å². The van der Waals surface area contributed by atoms with Gasteiger partial charge in [0.2, 0.25) is 0 Å². The van der Waals surface area contributed by atoms with E-state index in [1.807, 2.05) is 0 Å². The van der Waals surface area contributed by atoms with Gasteiger partial charge in [-0.05, 0) is 24.6 Å². The van der Waals surface area contributed by atoms with Crippen LogP contribution in [-0.4, -0.2) is 20.0 Å². The fourth-order valence-electron chi connectivity index (χ4n) is 1.44. The Kier molecular flexibility index (Phi) is 3.55. The lowest BCUT2D eigenvalue weighted by molar-refractivity contribution is -0.116. The maximum atomic E-state index is 11.0. The van der Waals surface area contributed by atoms with E-state index in [-0.39, 0.29) is 5.78 Å². The number of carbonyl (C=O) groups is 1. The molecule has 4 heteroatoms. The van der Waals surface area contributed by atoms with Crippen LogP contribution in [0.4, 0.5) is 5.69 Å². The van der Waals surface area contributed by atoms with Gasteiger partial charge in [0.25, 0.3) is 0 Å². The van der Waals surface area contributed by atoms with Crippen LogP contribution in [0.25, 0.3) is 0 Å². The number of hydrogen-bond donors (Lipinski definition) is 1. The molecule has 0 radical (unpaired) electrons. The van der Waals surface area contributed by atoms with E-state index < -0.39 is 0 Å². The Morgan fingerprint density at radius 3 is 2.47 bits per heavy atom. The predicted molar refractivity (Wildman–Crippen MR) is 58.3 cm³/mol. The first kappa shape index (κ1) is 11.4. The highest BCUT2D eigenvalue weighted by Gasteiger charge is 2.10. The third-order valence-electron chi connectivity index (χ3n) is 2.02. The molecule has 1 aromatic carbocycles. The number of nitrogens with two attached hydrogens (primary N) is 1. The first-order valence-corrected chi connectivity index (χ1v) is 4.58. The normalized spacial score (nSPS) is 9.80. The number of anilines is 1. The summed E-state index contributed by atoms with van der Waals surface area (Å²) in [6, 6.07) is 3.49. The average molecular weight is 209 g/mol. The Labute approximate surface area is 89.0 Å². The van der Waals surface area contributed by atoms with Gasteiger partial charge in [-0.1, -0.05) is 0 Å². The molecule has 0 amide bonds. The van der Waals surface area contributed by atoms with Crippen molar-refractivity contribution < 1.29 is 14.3 Å². The molecule has 0 aliphatic rings.